The lowest BCUT2D eigenvalue weighted by atomic mass is 9.84. The van der Waals surface area contributed by atoms with Gasteiger partial charge in [-0.05, 0) is 44.2 Å². The van der Waals surface area contributed by atoms with Crippen LogP contribution in [0.25, 0.3) is 0 Å². The van der Waals surface area contributed by atoms with E-state index in [-0.39, 0.29) is 6.10 Å². The Morgan fingerprint density at radius 1 is 1.22 bits per heavy atom. The molecule has 0 saturated heterocycles. The first-order chi connectivity index (χ1) is 8.75. The second-order valence-electron chi connectivity index (χ2n) is 5.32. The summed E-state index contributed by atoms with van der Waals surface area (Å²) in [6.07, 6.45) is 9.84. The van der Waals surface area contributed by atoms with Crippen molar-refractivity contribution in [2.75, 3.05) is 0 Å². The van der Waals surface area contributed by atoms with Gasteiger partial charge in [-0.15, -0.1) is 0 Å². The lowest BCUT2D eigenvalue weighted by molar-refractivity contribution is 0.0874. The Labute approximate surface area is 110 Å². The van der Waals surface area contributed by atoms with E-state index in [2.05, 4.69) is 29.6 Å². The van der Waals surface area contributed by atoms with Crippen molar-refractivity contribution < 1.29 is 4.84 Å². The molecule has 0 unspecified atom stereocenters. The van der Waals surface area contributed by atoms with Crippen molar-refractivity contribution >= 4 is 6.21 Å². The number of hydrogen-bond donors (Lipinski definition) is 0. The van der Waals surface area contributed by atoms with Gasteiger partial charge in [0.05, 0.1) is 0 Å². The Morgan fingerprint density at radius 3 is 2.72 bits per heavy atom. The monoisotopic (exact) mass is 244 g/mol. The Kier molecular flexibility index (Phi) is 4.80. The zero-order valence-electron chi connectivity index (χ0n) is 11.4. The van der Waals surface area contributed by atoms with Crippen molar-refractivity contribution in [2.45, 2.75) is 58.0 Å². The molecule has 1 radical (unpaired) electrons. The average Bonchev–Trinajstić information content (AvgIpc) is 2.40. The van der Waals surface area contributed by atoms with E-state index >= 15 is 0 Å². The van der Waals surface area contributed by atoms with E-state index in [4.69, 9.17) is 4.84 Å². The van der Waals surface area contributed by atoms with Crippen LogP contribution in [0, 0.1) is 0 Å². The van der Waals surface area contributed by atoms with E-state index in [1.54, 1.807) is 0 Å². The highest BCUT2D eigenvalue weighted by molar-refractivity contribution is 5.79. The van der Waals surface area contributed by atoms with Crippen LogP contribution in [0.3, 0.4) is 0 Å². The van der Waals surface area contributed by atoms with Crippen molar-refractivity contribution in [2.24, 2.45) is 5.16 Å². The van der Waals surface area contributed by atoms with E-state index < -0.39 is 0 Å². The van der Waals surface area contributed by atoms with Gasteiger partial charge < -0.3 is 4.84 Å². The van der Waals surface area contributed by atoms with Gasteiger partial charge in [-0.25, -0.2) is 0 Å². The van der Waals surface area contributed by atoms with Crippen molar-refractivity contribution in [3.8, 4) is 0 Å². The van der Waals surface area contributed by atoms with Gasteiger partial charge in [0, 0.05) is 5.56 Å². The van der Waals surface area contributed by atoms with Gasteiger partial charge in [0.1, 0.15) is 12.3 Å². The molecule has 1 aliphatic carbocycles. The highest BCUT2D eigenvalue weighted by Crippen LogP contribution is 2.32. The van der Waals surface area contributed by atoms with Gasteiger partial charge in [0.2, 0.25) is 0 Å². The summed E-state index contributed by atoms with van der Waals surface area (Å²) in [5.74, 6) is 0.728. The summed E-state index contributed by atoms with van der Waals surface area (Å²) in [6.45, 7) is 3.92. The molecule has 0 bridgehead atoms. The van der Waals surface area contributed by atoms with Crippen LogP contribution in [0.2, 0.25) is 0 Å². The van der Waals surface area contributed by atoms with Crippen molar-refractivity contribution in [1.29, 1.82) is 0 Å². The molecule has 0 aromatic heterocycles. The minimum Gasteiger partial charge on any atom is -0.393 e. The van der Waals surface area contributed by atoms with Crippen LogP contribution < -0.4 is 0 Å². The van der Waals surface area contributed by atoms with Crippen molar-refractivity contribution in [1.82, 2.24) is 0 Å². The molecule has 1 aromatic carbocycles. The largest absolute Gasteiger partial charge is 0.393 e. The molecular formula is C16H22NO. The summed E-state index contributed by atoms with van der Waals surface area (Å²) in [5, 5.41) is 3.88. The number of benzene rings is 1. The Morgan fingerprint density at radius 2 is 2.00 bits per heavy atom. The standard InChI is InChI=1S/C16H22NO/c1-13(2)18-17-12-14-7-6-10-16(11-14)15-8-4-3-5-9-15/h6-7,10-11,13,15H,3-5,8-9H2,1-2H3. The van der Waals surface area contributed by atoms with Crippen LogP contribution in [0.15, 0.2) is 29.4 Å². The molecule has 2 nitrogen and oxygen atoms in total. The molecule has 0 amide bonds. The summed E-state index contributed by atoms with van der Waals surface area (Å²) in [4.78, 5) is 5.14. The molecule has 1 fully saturated rings. The van der Waals surface area contributed by atoms with E-state index in [1.807, 2.05) is 19.9 Å². The third kappa shape index (κ3) is 3.86. The summed E-state index contributed by atoms with van der Waals surface area (Å²) >= 11 is 0. The summed E-state index contributed by atoms with van der Waals surface area (Å²) < 4.78 is 0. The second-order valence-corrected chi connectivity index (χ2v) is 5.32. The first-order valence-corrected chi connectivity index (χ1v) is 6.97. The van der Waals surface area contributed by atoms with E-state index in [9.17, 15) is 0 Å². The minimum atomic E-state index is 0.110. The maximum absolute atomic E-state index is 5.14. The van der Waals surface area contributed by atoms with Crippen LogP contribution in [-0.4, -0.2) is 12.3 Å². The fourth-order valence-electron chi connectivity index (χ4n) is 2.48. The SMILES string of the molecule is CC(C)O/N=[C]/c1cccc(C2CCCCC2)c1. The van der Waals surface area contributed by atoms with Crippen molar-refractivity contribution in [3.63, 3.8) is 0 Å². The van der Waals surface area contributed by atoms with Gasteiger partial charge in [-0.2, -0.15) is 0 Å². The van der Waals surface area contributed by atoms with Gasteiger partial charge in [0.25, 0.3) is 0 Å². The third-order valence-corrected chi connectivity index (χ3v) is 3.40. The molecule has 0 N–H and O–H groups in total. The molecule has 1 aliphatic rings. The Hall–Kier alpha value is -1.31. The van der Waals surface area contributed by atoms with Crippen molar-refractivity contribution in [3.05, 3.63) is 35.4 Å². The summed E-state index contributed by atoms with van der Waals surface area (Å²) in [5.41, 5.74) is 2.44. The quantitative estimate of drug-likeness (QED) is 0.569. The lowest BCUT2D eigenvalue weighted by Gasteiger charge is -2.22. The smallest absolute Gasteiger partial charge is 0.139 e. The first kappa shape index (κ1) is 13.1. The maximum Gasteiger partial charge on any atom is 0.139 e. The molecule has 0 heterocycles. The van der Waals surface area contributed by atoms with Crippen LogP contribution >= 0.6 is 0 Å². The predicted octanol–water partition coefficient (Wildman–Crippen LogP) is 4.37. The van der Waals surface area contributed by atoms with Crippen LogP contribution in [-0.2, 0) is 4.84 Å². The van der Waals surface area contributed by atoms with E-state index in [0.29, 0.717) is 0 Å². The Bertz CT molecular complexity index is 392. The Balaban J connectivity index is 2.02. The third-order valence-electron chi connectivity index (χ3n) is 3.40. The number of hydrogen-bond acceptors (Lipinski definition) is 2. The first-order valence-electron chi connectivity index (χ1n) is 6.97. The summed E-state index contributed by atoms with van der Waals surface area (Å²) in [6, 6.07) is 8.55. The molecule has 0 aliphatic heterocycles. The fourth-order valence-corrected chi connectivity index (χ4v) is 2.48. The molecule has 18 heavy (non-hydrogen) atoms. The molecule has 0 atom stereocenters. The average molecular weight is 244 g/mol. The van der Waals surface area contributed by atoms with E-state index in [1.165, 1.54) is 37.7 Å². The van der Waals surface area contributed by atoms with Gasteiger partial charge in [0.15, 0.2) is 0 Å². The zero-order valence-corrected chi connectivity index (χ0v) is 11.4. The second kappa shape index (κ2) is 6.58. The molecule has 2 heteroatoms. The van der Waals surface area contributed by atoms with Crippen LogP contribution in [0.1, 0.15) is 63.0 Å². The highest BCUT2D eigenvalue weighted by atomic mass is 16.6. The lowest BCUT2D eigenvalue weighted by Crippen LogP contribution is -2.04. The minimum absolute atomic E-state index is 0.110. The maximum atomic E-state index is 5.14. The number of rotatable bonds is 4. The topological polar surface area (TPSA) is 21.6 Å². The van der Waals surface area contributed by atoms with Gasteiger partial charge in [-0.3, -0.25) is 0 Å². The zero-order chi connectivity index (χ0) is 12.8. The molecule has 97 valence electrons. The fraction of sp³-hybridized carbons (Fsp3) is 0.562. The molecule has 1 aromatic rings. The molecular weight excluding hydrogens is 222 g/mol. The normalized spacial score (nSPS) is 17.5. The molecule has 0 spiro atoms. The van der Waals surface area contributed by atoms with Gasteiger partial charge in [-0.1, -0.05) is 42.6 Å². The molecule has 1 saturated carbocycles. The van der Waals surface area contributed by atoms with E-state index in [0.717, 1.165) is 11.5 Å². The summed E-state index contributed by atoms with van der Waals surface area (Å²) in [7, 11) is 0. The molecule has 2 rings (SSSR count). The van der Waals surface area contributed by atoms with Crippen LogP contribution in [0.4, 0.5) is 0 Å². The van der Waals surface area contributed by atoms with Gasteiger partial charge >= 0.3 is 0 Å². The van der Waals surface area contributed by atoms with Crippen LogP contribution in [0.5, 0.6) is 0 Å². The number of nitrogens with zero attached hydrogens (tertiary/aromatic N) is 1. The highest BCUT2D eigenvalue weighted by Gasteiger charge is 2.15. The predicted molar refractivity (Wildman–Crippen MR) is 75.0 cm³/mol.